The average Bonchev–Trinajstić information content (AvgIpc) is 2.10. The van der Waals surface area contributed by atoms with Crippen molar-refractivity contribution in [2.75, 3.05) is 13.2 Å². The van der Waals surface area contributed by atoms with Crippen LogP contribution in [0.2, 0.25) is 0 Å². The molecule has 0 radical (unpaired) electrons. The van der Waals surface area contributed by atoms with E-state index in [1.807, 2.05) is 0 Å². The SMILES string of the molecule is CCCCC(CC)COCC(=N)N. The Hall–Kier alpha value is -0.570. The first kappa shape index (κ1) is 12.4. The summed E-state index contributed by atoms with van der Waals surface area (Å²) in [5.41, 5.74) is 5.18. The Bertz CT molecular complexity index is 137. The number of unbranched alkanes of at least 4 members (excludes halogenated alkanes) is 1. The second kappa shape index (κ2) is 8.05. The van der Waals surface area contributed by atoms with Crippen molar-refractivity contribution in [3.05, 3.63) is 0 Å². The summed E-state index contributed by atoms with van der Waals surface area (Å²) in [5, 5.41) is 6.99. The third kappa shape index (κ3) is 7.78. The van der Waals surface area contributed by atoms with E-state index in [9.17, 15) is 0 Å². The van der Waals surface area contributed by atoms with Crippen LogP contribution in [0.5, 0.6) is 0 Å². The highest BCUT2D eigenvalue weighted by Gasteiger charge is 2.05. The first-order valence-corrected chi connectivity index (χ1v) is 5.11. The number of ether oxygens (including phenoxy) is 1. The van der Waals surface area contributed by atoms with Crippen LogP contribution in [0.3, 0.4) is 0 Å². The molecule has 0 aliphatic carbocycles. The second-order valence-corrected chi connectivity index (χ2v) is 3.46. The molecule has 0 bridgehead atoms. The minimum atomic E-state index is 0.116. The Morgan fingerprint density at radius 1 is 1.46 bits per heavy atom. The highest BCUT2D eigenvalue weighted by atomic mass is 16.5. The lowest BCUT2D eigenvalue weighted by atomic mass is 10.0. The van der Waals surface area contributed by atoms with Crippen LogP contribution in [0.1, 0.15) is 39.5 Å². The van der Waals surface area contributed by atoms with Crippen molar-refractivity contribution in [1.82, 2.24) is 0 Å². The maximum Gasteiger partial charge on any atom is 0.117 e. The summed E-state index contributed by atoms with van der Waals surface area (Å²) in [6.45, 7) is 5.40. The molecule has 0 amide bonds. The van der Waals surface area contributed by atoms with Crippen LogP contribution in [-0.4, -0.2) is 19.0 Å². The predicted molar refractivity (Wildman–Crippen MR) is 56.0 cm³/mol. The molecule has 0 fully saturated rings. The van der Waals surface area contributed by atoms with Gasteiger partial charge in [-0.25, -0.2) is 0 Å². The first-order chi connectivity index (χ1) is 6.20. The van der Waals surface area contributed by atoms with Gasteiger partial charge in [0, 0.05) is 6.61 Å². The Labute approximate surface area is 81.2 Å². The van der Waals surface area contributed by atoms with E-state index < -0.39 is 0 Å². The molecule has 0 saturated heterocycles. The van der Waals surface area contributed by atoms with E-state index in [4.69, 9.17) is 15.9 Å². The Morgan fingerprint density at radius 3 is 2.62 bits per heavy atom. The molecule has 0 aromatic carbocycles. The Balaban J connectivity index is 3.41. The van der Waals surface area contributed by atoms with Crippen LogP contribution in [-0.2, 0) is 4.74 Å². The van der Waals surface area contributed by atoms with Crippen molar-refractivity contribution in [1.29, 1.82) is 5.41 Å². The molecule has 0 spiro atoms. The lowest BCUT2D eigenvalue weighted by Gasteiger charge is -2.13. The summed E-state index contributed by atoms with van der Waals surface area (Å²) in [6.07, 6.45) is 4.88. The van der Waals surface area contributed by atoms with Gasteiger partial charge in [-0.3, -0.25) is 5.41 Å². The monoisotopic (exact) mass is 186 g/mol. The molecule has 0 aromatic heterocycles. The van der Waals surface area contributed by atoms with Gasteiger partial charge >= 0.3 is 0 Å². The molecule has 3 nitrogen and oxygen atoms in total. The van der Waals surface area contributed by atoms with Gasteiger partial charge in [-0.1, -0.05) is 33.1 Å². The fourth-order valence-corrected chi connectivity index (χ4v) is 1.23. The van der Waals surface area contributed by atoms with Gasteiger partial charge in [-0.15, -0.1) is 0 Å². The third-order valence-electron chi connectivity index (χ3n) is 2.15. The smallest absolute Gasteiger partial charge is 0.117 e. The zero-order chi connectivity index (χ0) is 10.1. The molecule has 78 valence electrons. The number of rotatable bonds is 8. The molecule has 0 aliphatic rings. The van der Waals surface area contributed by atoms with Gasteiger partial charge in [0.15, 0.2) is 0 Å². The topological polar surface area (TPSA) is 59.1 Å². The molecule has 13 heavy (non-hydrogen) atoms. The lowest BCUT2D eigenvalue weighted by Crippen LogP contribution is -2.20. The Kier molecular flexibility index (Phi) is 7.69. The normalized spacial score (nSPS) is 12.8. The van der Waals surface area contributed by atoms with Crippen LogP contribution in [0.4, 0.5) is 0 Å². The van der Waals surface area contributed by atoms with Crippen molar-refractivity contribution in [2.24, 2.45) is 11.7 Å². The van der Waals surface area contributed by atoms with Gasteiger partial charge in [0.25, 0.3) is 0 Å². The van der Waals surface area contributed by atoms with Gasteiger partial charge < -0.3 is 10.5 Å². The number of hydrogen-bond donors (Lipinski definition) is 2. The minimum absolute atomic E-state index is 0.116. The number of hydrogen-bond acceptors (Lipinski definition) is 2. The van der Waals surface area contributed by atoms with Crippen molar-refractivity contribution < 1.29 is 4.74 Å². The number of nitrogens with two attached hydrogens (primary N) is 1. The van der Waals surface area contributed by atoms with E-state index in [0.29, 0.717) is 5.92 Å². The highest BCUT2D eigenvalue weighted by molar-refractivity contribution is 5.78. The molecule has 0 saturated carbocycles. The van der Waals surface area contributed by atoms with E-state index in [0.717, 1.165) is 13.0 Å². The zero-order valence-corrected chi connectivity index (χ0v) is 8.81. The van der Waals surface area contributed by atoms with Gasteiger partial charge in [0.2, 0.25) is 0 Å². The highest BCUT2D eigenvalue weighted by Crippen LogP contribution is 2.12. The molecule has 0 aliphatic heterocycles. The van der Waals surface area contributed by atoms with E-state index >= 15 is 0 Å². The summed E-state index contributed by atoms with van der Waals surface area (Å²) in [7, 11) is 0. The van der Waals surface area contributed by atoms with Crippen LogP contribution in [0.15, 0.2) is 0 Å². The van der Waals surface area contributed by atoms with Gasteiger partial charge in [-0.2, -0.15) is 0 Å². The lowest BCUT2D eigenvalue weighted by molar-refractivity contribution is 0.123. The van der Waals surface area contributed by atoms with Crippen LogP contribution < -0.4 is 5.73 Å². The van der Waals surface area contributed by atoms with E-state index in [2.05, 4.69) is 13.8 Å². The molecule has 0 aromatic rings. The molecule has 1 unspecified atom stereocenters. The molecule has 0 rings (SSSR count). The summed E-state index contributed by atoms with van der Waals surface area (Å²) in [6, 6.07) is 0. The minimum Gasteiger partial charge on any atom is -0.386 e. The fraction of sp³-hybridized carbons (Fsp3) is 0.900. The largest absolute Gasteiger partial charge is 0.386 e. The van der Waals surface area contributed by atoms with Crippen molar-refractivity contribution in [2.45, 2.75) is 39.5 Å². The van der Waals surface area contributed by atoms with Crippen LogP contribution in [0, 0.1) is 11.3 Å². The third-order valence-corrected chi connectivity index (χ3v) is 2.15. The number of nitrogens with one attached hydrogen (secondary N) is 1. The second-order valence-electron chi connectivity index (χ2n) is 3.46. The summed E-state index contributed by atoms with van der Waals surface area (Å²) in [5.74, 6) is 0.754. The van der Waals surface area contributed by atoms with E-state index in [1.54, 1.807) is 0 Å². The standard InChI is InChI=1S/C10H22N2O/c1-3-5-6-9(4-2)7-13-8-10(11)12/h9H,3-8H2,1-2H3,(H3,11,12). The molecule has 0 heterocycles. The van der Waals surface area contributed by atoms with Crippen LogP contribution in [0.25, 0.3) is 0 Å². The van der Waals surface area contributed by atoms with Gasteiger partial charge in [-0.05, 0) is 12.3 Å². The average molecular weight is 186 g/mol. The van der Waals surface area contributed by atoms with Crippen molar-refractivity contribution in [3.8, 4) is 0 Å². The van der Waals surface area contributed by atoms with Gasteiger partial charge in [0.1, 0.15) is 12.4 Å². The number of amidine groups is 1. The zero-order valence-electron chi connectivity index (χ0n) is 8.81. The van der Waals surface area contributed by atoms with Crippen LogP contribution >= 0.6 is 0 Å². The maximum absolute atomic E-state index is 6.99. The molecule has 3 N–H and O–H groups in total. The van der Waals surface area contributed by atoms with E-state index in [1.165, 1.54) is 19.3 Å². The summed E-state index contributed by atoms with van der Waals surface area (Å²) in [4.78, 5) is 0. The predicted octanol–water partition coefficient (Wildman–Crippen LogP) is 2.16. The summed E-state index contributed by atoms with van der Waals surface area (Å²) >= 11 is 0. The first-order valence-electron chi connectivity index (χ1n) is 5.11. The van der Waals surface area contributed by atoms with Crippen molar-refractivity contribution >= 4 is 5.84 Å². The Morgan fingerprint density at radius 2 is 2.15 bits per heavy atom. The van der Waals surface area contributed by atoms with Gasteiger partial charge in [0.05, 0.1) is 0 Å². The quantitative estimate of drug-likeness (QED) is 0.451. The molecule has 1 atom stereocenters. The van der Waals surface area contributed by atoms with Crippen molar-refractivity contribution in [3.63, 3.8) is 0 Å². The molecular weight excluding hydrogens is 164 g/mol. The summed E-state index contributed by atoms with van der Waals surface area (Å²) < 4.78 is 5.30. The molecular formula is C10H22N2O. The van der Waals surface area contributed by atoms with E-state index in [-0.39, 0.29) is 12.4 Å². The molecule has 3 heteroatoms. The fourth-order valence-electron chi connectivity index (χ4n) is 1.23. The maximum atomic E-state index is 6.99.